The largest absolute Gasteiger partial charge is 0.323 e. The average molecular weight is 324 g/mol. The molecule has 0 radical (unpaired) electrons. The molecule has 1 aromatic heterocycles. The van der Waals surface area contributed by atoms with Crippen molar-refractivity contribution in [1.82, 2.24) is 9.97 Å². The van der Waals surface area contributed by atoms with Gasteiger partial charge in [0.25, 0.3) is 10.0 Å². The van der Waals surface area contributed by atoms with Crippen molar-refractivity contribution in [1.29, 1.82) is 0 Å². The molecule has 108 valence electrons. The van der Waals surface area contributed by atoms with Gasteiger partial charge in [0.1, 0.15) is 0 Å². The lowest BCUT2D eigenvalue weighted by molar-refractivity contribution is 0.601. The van der Waals surface area contributed by atoms with Crippen LogP contribution in [0, 0.1) is 0 Å². The summed E-state index contributed by atoms with van der Waals surface area (Å²) in [6.07, 6.45) is 0. The van der Waals surface area contributed by atoms with Gasteiger partial charge in [0, 0.05) is 5.02 Å². The van der Waals surface area contributed by atoms with Crippen molar-refractivity contribution < 1.29 is 8.42 Å². The summed E-state index contributed by atoms with van der Waals surface area (Å²) in [5, 5.41) is 0.431. The Morgan fingerprint density at radius 1 is 1.00 bits per heavy atom. The topological polar surface area (TPSA) is 94.8 Å². The van der Waals surface area contributed by atoms with E-state index >= 15 is 0 Å². The molecule has 0 saturated carbocycles. The molecule has 0 atom stereocenters. The molecule has 2 aromatic carbocycles. The van der Waals surface area contributed by atoms with Crippen LogP contribution in [0.3, 0.4) is 0 Å². The number of rotatable bonds is 3. The molecular weight excluding hydrogens is 314 g/mol. The lowest BCUT2D eigenvalue weighted by Gasteiger charge is -2.08. The lowest BCUT2D eigenvalue weighted by Crippen LogP contribution is -2.12. The summed E-state index contributed by atoms with van der Waals surface area (Å²) in [6, 6.07) is 10.7. The summed E-state index contributed by atoms with van der Waals surface area (Å²) in [5.74, 6) is 0. The monoisotopic (exact) mass is 323 g/mol. The lowest BCUT2D eigenvalue weighted by atomic mass is 10.3. The molecule has 0 spiro atoms. The van der Waals surface area contributed by atoms with Crippen LogP contribution >= 0.6 is 11.6 Å². The number of aromatic nitrogens is 2. The van der Waals surface area contributed by atoms with Crippen molar-refractivity contribution >= 4 is 38.3 Å². The van der Waals surface area contributed by atoms with Gasteiger partial charge in [0.15, 0.2) is 0 Å². The van der Waals surface area contributed by atoms with E-state index in [1.54, 1.807) is 18.2 Å². The fourth-order valence-electron chi connectivity index (χ4n) is 1.94. The summed E-state index contributed by atoms with van der Waals surface area (Å²) < 4.78 is 27.0. The number of fused-ring (bicyclic) bond motifs is 1. The second-order valence-corrected chi connectivity index (χ2v) is 6.52. The van der Waals surface area contributed by atoms with Crippen LogP contribution in [0.15, 0.2) is 52.2 Å². The van der Waals surface area contributed by atoms with Gasteiger partial charge < -0.3 is 9.97 Å². The number of hydrogen-bond acceptors (Lipinski definition) is 3. The fraction of sp³-hybridized carbons (Fsp3) is 0. The number of benzene rings is 2. The summed E-state index contributed by atoms with van der Waals surface area (Å²) >= 11 is 5.82. The Bertz CT molecular complexity index is 975. The first-order valence-electron chi connectivity index (χ1n) is 5.94. The van der Waals surface area contributed by atoms with E-state index in [2.05, 4.69) is 14.7 Å². The molecule has 0 fully saturated rings. The Balaban J connectivity index is 2.01. The maximum atomic E-state index is 12.3. The molecule has 3 N–H and O–H groups in total. The van der Waals surface area contributed by atoms with Gasteiger partial charge in [-0.2, -0.15) is 0 Å². The van der Waals surface area contributed by atoms with E-state index in [-0.39, 0.29) is 10.6 Å². The van der Waals surface area contributed by atoms with E-state index < -0.39 is 10.0 Å². The predicted octanol–water partition coefficient (Wildman–Crippen LogP) is 2.31. The number of sulfonamides is 1. The highest BCUT2D eigenvalue weighted by Crippen LogP contribution is 2.21. The maximum absolute atomic E-state index is 12.3. The van der Waals surface area contributed by atoms with E-state index in [4.69, 9.17) is 11.6 Å². The van der Waals surface area contributed by atoms with Crippen molar-refractivity contribution in [2.24, 2.45) is 0 Å². The zero-order chi connectivity index (χ0) is 15.0. The van der Waals surface area contributed by atoms with E-state index in [0.717, 1.165) is 0 Å². The van der Waals surface area contributed by atoms with E-state index in [1.807, 2.05) is 0 Å². The van der Waals surface area contributed by atoms with Crippen molar-refractivity contribution in [3.63, 3.8) is 0 Å². The molecule has 3 rings (SSSR count). The standard InChI is InChI=1S/C13H10ClN3O3S/c14-8-2-1-3-9(6-8)17-21(19,20)10-4-5-11-12(7-10)16-13(18)15-11/h1-7,17H,(H2,15,16,18). The Morgan fingerprint density at radius 3 is 2.52 bits per heavy atom. The second kappa shape index (κ2) is 4.94. The third kappa shape index (κ3) is 2.79. The first kappa shape index (κ1) is 13.7. The van der Waals surface area contributed by atoms with Crippen molar-refractivity contribution in [2.75, 3.05) is 4.72 Å². The normalized spacial score (nSPS) is 11.7. The Hall–Kier alpha value is -2.25. The SMILES string of the molecule is O=c1[nH]c2ccc(S(=O)(=O)Nc3cccc(Cl)c3)cc2[nH]1. The first-order valence-corrected chi connectivity index (χ1v) is 7.81. The van der Waals surface area contributed by atoms with E-state index in [0.29, 0.717) is 21.7 Å². The van der Waals surface area contributed by atoms with Gasteiger partial charge in [-0.15, -0.1) is 0 Å². The Labute approximate surface area is 124 Å². The van der Waals surface area contributed by atoms with Gasteiger partial charge in [-0.05, 0) is 36.4 Å². The molecule has 0 aliphatic carbocycles. The van der Waals surface area contributed by atoms with Gasteiger partial charge in [-0.25, -0.2) is 13.2 Å². The third-order valence-corrected chi connectivity index (χ3v) is 4.49. The molecule has 21 heavy (non-hydrogen) atoms. The molecule has 0 aliphatic rings. The van der Waals surface area contributed by atoms with Crippen LogP contribution in [0.2, 0.25) is 5.02 Å². The number of nitrogens with one attached hydrogen (secondary N) is 3. The fourth-order valence-corrected chi connectivity index (χ4v) is 3.21. The van der Waals surface area contributed by atoms with E-state index in [1.165, 1.54) is 24.3 Å². The smallest absolute Gasteiger partial charge is 0.306 e. The molecule has 0 amide bonds. The zero-order valence-electron chi connectivity index (χ0n) is 10.6. The Morgan fingerprint density at radius 2 is 1.76 bits per heavy atom. The van der Waals surface area contributed by atoms with Crippen LogP contribution in [0.4, 0.5) is 5.69 Å². The van der Waals surface area contributed by atoms with Gasteiger partial charge in [-0.1, -0.05) is 17.7 Å². The third-order valence-electron chi connectivity index (χ3n) is 2.87. The Kier molecular flexibility index (Phi) is 3.23. The van der Waals surface area contributed by atoms with Crippen molar-refractivity contribution in [3.8, 4) is 0 Å². The minimum absolute atomic E-state index is 0.0465. The maximum Gasteiger partial charge on any atom is 0.323 e. The first-order chi connectivity index (χ1) is 9.94. The zero-order valence-corrected chi connectivity index (χ0v) is 12.1. The number of hydrogen-bond donors (Lipinski definition) is 3. The van der Waals surface area contributed by atoms with Crippen LogP contribution in [0.1, 0.15) is 0 Å². The van der Waals surface area contributed by atoms with E-state index in [9.17, 15) is 13.2 Å². The van der Waals surface area contributed by atoms with Crippen molar-refractivity contribution in [2.45, 2.75) is 4.90 Å². The molecule has 0 aliphatic heterocycles. The van der Waals surface area contributed by atoms with Gasteiger partial charge in [-0.3, -0.25) is 4.72 Å². The highest BCUT2D eigenvalue weighted by atomic mass is 35.5. The number of H-pyrrole nitrogens is 2. The predicted molar refractivity (Wildman–Crippen MR) is 81.2 cm³/mol. The van der Waals surface area contributed by atoms with Gasteiger partial charge in [0.05, 0.1) is 21.6 Å². The molecule has 8 heteroatoms. The number of imidazole rings is 1. The summed E-state index contributed by atoms with van der Waals surface area (Å²) in [7, 11) is -3.76. The summed E-state index contributed by atoms with van der Waals surface area (Å²) in [4.78, 5) is 16.3. The molecule has 0 unspecified atom stereocenters. The molecule has 1 heterocycles. The quantitative estimate of drug-likeness (QED) is 0.690. The van der Waals surface area contributed by atoms with Gasteiger partial charge in [0.2, 0.25) is 0 Å². The molecule has 6 nitrogen and oxygen atoms in total. The summed E-state index contributed by atoms with van der Waals surface area (Å²) in [5.41, 5.74) is 0.947. The van der Waals surface area contributed by atoms with Gasteiger partial charge >= 0.3 is 5.69 Å². The highest BCUT2D eigenvalue weighted by Gasteiger charge is 2.15. The molecule has 3 aromatic rings. The van der Waals surface area contributed by atoms with Crippen LogP contribution < -0.4 is 10.4 Å². The van der Waals surface area contributed by atoms with Crippen LogP contribution in [-0.4, -0.2) is 18.4 Å². The highest BCUT2D eigenvalue weighted by molar-refractivity contribution is 7.92. The van der Waals surface area contributed by atoms with Crippen molar-refractivity contribution in [3.05, 3.63) is 58.0 Å². The summed E-state index contributed by atoms with van der Waals surface area (Å²) in [6.45, 7) is 0. The minimum atomic E-state index is -3.76. The van der Waals surface area contributed by atoms with Crippen LogP contribution in [0.25, 0.3) is 11.0 Å². The van der Waals surface area contributed by atoms with Crippen LogP contribution in [-0.2, 0) is 10.0 Å². The molecular formula is C13H10ClN3O3S. The number of anilines is 1. The molecule has 0 bridgehead atoms. The second-order valence-electron chi connectivity index (χ2n) is 4.40. The number of aromatic amines is 2. The minimum Gasteiger partial charge on any atom is -0.306 e. The average Bonchev–Trinajstić information content (AvgIpc) is 2.77. The number of halogens is 1. The molecule has 0 saturated heterocycles. The van der Waals surface area contributed by atoms with Crippen LogP contribution in [0.5, 0.6) is 0 Å².